The maximum absolute atomic E-state index is 12.0. The number of hydrogen-bond acceptors (Lipinski definition) is 4. The van der Waals surface area contributed by atoms with Crippen LogP contribution in [-0.2, 0) is 19.1 Å². The Hall–Kier alpha value is -2.10. The zero-order chi connectivity index (χ0) is 23.2. The van der Waals surface area contributed by atoms with Gasteiger partial charge in [0.25, 0.3) is 0 Å². The molecule has 176 valence electrons. The second-order valence-corrected chi connectivity index (χ2v) is 7.89. The molecule has 4 nitrogen and oxygen atoms in total. The highest BCUT2D eigenvalue weighted by Crippen LogP contribution is 2.11. The Labute approximate surface area is 190 Å². The maximum atomic E-state index is 12.0. The largest absolute Gasteiger partial charge is 0.463 e. The number of allylic oxidation sites excluding steroid dienone is 8. The average molecular weight is 433 g/mol. The van der Waals surface area contributed by atoms with Gasteiger partial charge < -0.3 is 9.47 Å². The van der Waals surface area contributed by atoms with Crippen LogP contribution in [0.5, 0.6) is 0 Å². The minimum Gasteiger partial charge on any atom is -0.463 e. The Bertz CT molecular complexity index is 570. The molecule has 0 aliphatic carbocycles. The van der Waals surface area contributed by atoms with Crippen LogP contribution < -0.4 is 0 Å². The van der Waals surface area contributed by atoms with Crippen molar-refractivity contribution in [2.75, 3.05) is 6.61 Å². The van der Waals surface area contributed by atoms with E-state index in [1.807, 2.05) is 13.8 Å². The topological polar surface area (TPSA) is 52.6 Å². The summed E-state index contributed by atoms with van der Waals surface area (Å²) in [6, 6.07) is 0. The standard InChI is InChI=1S/C27H44O4/c1-5-7-8-9-10-11-12-13-14-15-16-17-18-19-20-21-22-23-25(28)31-26(24(3)4)27(29)30-6-2/h10-11,13-14,16-17,19-20,24,26H,5-9,12,15,18,21-23H2,1-4H3/b11-10-,14-13-,17-16-,20-19+. The van der Waals surface area contributed by atoms with Crippen molar-refractivity contribution in [3.05, 3.63) is 48.6 Å². The third kappa shape index (κ3) is 18.4. The van der Waals surface area contributed by atoms with Gasteiger partial charge in [0.05, 0.1) is 6.61 Å². The minimum absolute atomic E-state index is 0.100. The summed E-state index contributed by atoms with van der Waals surface area (Å²) in [5.74, 6) is -0.912. The summed E-state index contributed by atoms with van der Waals surface area (Å²) in [4.78, 5) is 23.8. The second kappa shape index (κ2) is 21.1. The second-order valence-electron chi connectivity index (χ2n) is 7.89. The molecule has 31 heavy (non-hydrogen) atoms. The number of esters is 2. The molecule has 0 spiro atoms. The van der Waals surface area contributed by atoms with E-state index < -0.39 is 12.1 Å². The Balaban J connectivity index is 3.80. The predicted octanol–water partition coefficient (Wildman–Crippen LogP) is 7.26. The number of unbranched alkanes of at least 4 members (excludes halogenated alkanes) is 4. The first-order valence-electron chi connectivity index (χ1n) is 12.0. The van der Waals surface area contributed by atoms with Gasteiger partial charge in [-0.25, -0.2) is 4.79 Å². The van der Waals surface area contributed by atoms with E-state index in [2.05, 4.69) is 55.5 Å². The Kier molecular flexibility index (Phi) is 19.7. The number of carbonyl (C=O) groups is 2. The van der Waals surface area contributed by atoms with Crippen LogP contribution in [-0.4, -0.2) is 24.6 Å². The third-order valence-electron chi connectivity index (χ3n) is 4.59. The van der Waals surface area contributed by atoms with Gasteiger partial charge in [-0.15, -0.1) is 0 Å². The number of ether oxygens (including phenoxy) is 2. The van der Waals surface area contributed by atoms with E-state index in [0.29, 0.717) is 12.8 Å². The van der Waals surface area contributed by atoms with Crippen molar-refractivity contribution in [2.24, 2.45) is 5.92 Å². The molecule has 0 amide bonds. The minimum atomic E-state index is -0.816. The normalized spacial score (nSPS) is 13.2. The van der Waals surface area contributed by atoms with E-state index in [-0.39, 0.29) is 18.5 Å². The molecule has 0 N–H and O–H groups in total. The maximum Gasteiger partial charge on any atom is 0.347 e. The number of rotatable bonds is 18. The molecule has 1 unspecified atom stereocenters. The van der Waals surface area contributed by atoms with Crippen LogP contribution in [0, 0.1) is 5.92 Å². The lowest BCUT2D eigenvalue weighted by Gasteiger charge is -2.19. The lowest BCUT2D eigenvalue weighted by Crippen LogP contribution is -2.33. The van der Waals surface area contributed by atoms with Gasteiger partial charge in [0, 0.05) is 12.3 Å². The van der Waals surface area contributed by atoms with Crippen LogP contribution in [0.2, 0.25) is 0 Å². The molecule has 4 heteroatoms. The van der Waals surface area contributed by atoms with Crippen molar-refractivity contribution < 1.29 is 19.1 Å². The highest BCUT2D eigenvalue weighted by Gasteiger charge is 2.27. The summed E-state index contributed by atoms with van der Waals surface area (Å²) in [5.41, 5.74) is 0. The van der Waals surface area contributed by atoms with E-state index >= 15 is 0 Å². The van der Waals surface area contributed by atoms with Crippen LogP contribution in [0.1, 0.15) is 91.9 Å². The van der Waals surface area contributed by atoms with E-state index in [1.54, 1.807) is 6.92 Å². The van der Waals surface area contributed by atoms with Gasteiger partial charge in [0.1, 0.15) is 0 Å². The molecule has 0 fully saturated rings. The first-order chi connectivity index (χ1) is 15.0. The molecule has 0 rings (SSSR count). The van der Waals surface area contributed by atoms with Crippen LogP contribution in [0.25, 0.3) is 0 Å². The summed E-state index contributed by atoms with van der Waals surface area (Å²) in [6.45, 7) is 7.94. The summed E-state index contributed by atoms with van der Waals surface area (Å²) < 4.78 is 10.3. The molecule has 1 atom stereocenters. The SMILES string of the molecule is CCCCC/C=C\C/C=C\C/C=C\C/C=C/CCCC(=O)OC(C(=O)OCC)C(C)C. The number of carbonyl (C=O) groups excluding carboxylic acids is 2. The van der Waals surface area contributed by atoms with Crippen molar-refractivity contribution in [3.63, 3.8) is 0 Å². The van der Waals surface area contributed by atoms with Gasteiger partial charge in [-0.2, -0.15) is 0 Å². The average Bonchev–Trinajstić information content (AvgIpc) is 2.74. The third-order valence-corrected chi connectivity index (χ3v) is 4.59. The zero-order valence-electron chi connectivity index (χ0n) is 20.2. The van der Waals surface area contributed by atoms with Gasteiger partial charge in [0.2, 0.25) is 6.10 Å². The van der Waals surface area contributed by atoms with Gasteiger partial charge in [-0.1, -0.05) is 82.2 Å². The molecule has 0 radical (unpaired) electrons. The molecular weight excluding hydrogens is 388 g/mol. The van der Waals surface area contributed by atoms with E-state index in [4.69, 9.17) is 9.47 Å². The first-order valence-corrected chi connectivity index (χ1v) is 12.0. The molecule has 0 saturated carbocycles. The Morgan fingerprint density at radius 1 is 0.742 bits per heavy atom. The van der Waals surface area contributed by atoms with Gasteiger partial charge in [-0.3, -0.25) is 4.79 Å². The van der Waals surface area contributed by atoms with Crippen LogP contribution in [0.4, 0.5) is 0 Å². The molecule has 0 aromatic carbocycles. The fourth-order valence-electron chi connectivity index (χ4n) is 2.81. The van der Waals surface area contributed by atoms with Crippen molar-refractivity contribution >= 4 is 11.9 Å². The van der Waals surface area contributed by atoms with Crippen LogP contribution in [0.3, 0.4) is 0 Å². The summed E-state index contributed by atoms with van der Waals surface area (Å²) >= 11 is 0. The number of hydrogen-bond donors (Lipinski definition) is 0. The molecular formula is C27H44O4. The van der Waals surface area contributed by atoms with Crippen molar-refractivity contribution in [3.8, 4) is 0 Å². The molecule has 0 aliphatic heterocycles. The highest BCUT2D eigenvalue weighted by molar-refractivity contribution is 5.79. The van der Waals surface area contributed by atoms with Gasteiger partial charge in [-0.05, 0) is 51.9 Å². The Morgan fingerprint density at radius 3 is 1.74 bits per heavy atom. The molecule has 0 saturated heterocycles. The fourth-order valence-corrected chi connectivity index (χ4v) is 2.81. The van der Waals surface area contributed by atoms with Crippen molar-refractivity contribution in [1.29, 1.82) is 0 Å². The summed E-state index contributed by atoms with van der Waals surface area (Å²) in [6.07, 6.45) is 26.4. The smallest absolute Gasteiger partial charge is 0.347 e. The lowest BCUT2D eigenvalue weighted by atomic mass is 10.1. The van der Waals surface area contributed by atoms with Crippen LogP contribution in [0.15, 0.2) is 48.6 Å². The van der Waals surface area contributed by atoms with Gasteiger partial charge in [0.15, 0.2) is 0 Å². The van der Waals surface area contributed by atoms with Crippen molar-refractivity contribution in [1.82, 2.24) is 0 Å². The quantitative estimate of drug-likeness (QED) is 0.130. The lowest BCUT2D eigenvalue weighted by molar-refractivity contribution is -0.170. The van der Waals surface area contributed by atoms with Crippen LogP contribution >= 0.6 is 0 Å². The van der Waals surface area contributed by atoms with E-state index in [1.165, 1.54) is 25.7 Å². The highest BCUT2D eigenvalue weighted by atomic mass is 16.6. The first kappa shape index (κ1) is 28.9. The molecule has 0 aromatic heterocycles. The fraction of sp³-hybridized carbons (Fsp3) is 0.630. The van der Waals surface area contributed by atoms with Gasteiger partial charge >= 0.3 is 11.9 Å². The van der Waals surface area contributed by atoms with Crippen molar-refractivity contribution in [2.45, 2.75) is 98.0 Å². The summed E-state index contributed by atoms with van der Waals surface area (Å²) in [7, 11) is 0. The monoisotopic (exact) mass is 432 g/mol. The Morgan fingerprint density at radius 2 is 1.26 bits per heavy atom. The van der Waals surface area contributed by atoms with E-state index in [0.717, 1.165) is 25.7 Å². The predicted molar refractivity (Wildman–Crippen MR) is 130 cm³/mol. The molecule has 0 aromatic rings. The zero-order valence-corrected chi connectivity index (χ0v) is 20.2. The molecule has 0 aliphatic rings. The van der Waals surface area contributed by atoms with E-state index in [9.17, 15) is 9.59 Å². The summed E-state index contributed by atoms with van der Waals surface area (Å²) in [5, 5.41) is 0. The molecule has 0 heterocycles. The molecule has 0 bridgehead atoms.